The van der Waals surface area contributed by atoms with Gasteiger partial charge >= 0.3 is 6.18 Å². The Balaban J connectivity index is 2.23. The van der Waals surface area contributed by atoms with Gasteiger partial charge in [0, 0.05) is 5.92 Å². The Morgan fingerprint density at radius 3 is 2.25 bits per heavy atom. The van der Waals surface area contributed by atoms with Gasteiger partial charge in [0.15, 0.2) is 0 Å². The zero-order valence-electron chi connectivity index (χ0n) is 6.40. The number of carbonyl (C=O) groups is 1. The standard InChI is InChI=1S/C8H9F3O/c9-8(10,11)6-4-1-2-5(3-4)7(6)12/h4-6H,1-3H2/t4-,5+,6?/m1/s1. The summed E-state index contributed by atoms with van der Waals surface area (Å²) in [5, 5.41) is 0. The Labute approximate surface area is 67.9 Å². The minimum Gasteiger partial charge on any atom is -0.299 e. The molecule has 0 aromatic carbocycles. The predicted octanol–water partition coefficient (Wildman–Crippen LogP) is 2.16. The van der Waals surface area contributed by atoms with Crippen LogP contribution in [0.25, 0.3) is 0 Å². The number of hydrogen-bond acceptors (Lipinski definition) is 1. The molecule has 2 aliphatic rings. The Bertz CT molecular complexity index is 221. The molecule has 2 saturated carbocycles. The molecule has 0 aliphatic heterocycles. The molecule has 0 N–H and O–H groups in total. The number of Topliss-reactive ketones (excluding diaryl/α,β-unsaturated/α-hetero) is 1. The molecule has 68 valence electrons. The highest BCUT2D eigenvalue weighted by Crippen LogP contribution is 2.51. The fourth-order valence-electron chi connectivity index (χ4n) is 2.49. The van der Waals surface area contributed by atoms with E-state index in [9.17, 15) is 18.0 Å². The predicted molar refractivity (Wildman–Crippen MR) is 35.4 cm³/mol. The molecule has 0 amide bonds. The Hall–Kier alpha value is -0.540. The molecule has 2 rings (SSSR count). The quantitative estimate of drug-likeness (QED) is 0.555. The monoisotopic (exact) mass is 178 g/mol. The maximum Gasteiger partial charge on any atom is 0.398 e. The SMILES string of the molecule is O=C1C(C(F)(F)F)[C@@H]2CC[C@H]1C2. The van der Waals surface area contributed by atoms with Crippen molar-refractivity contribution in [3.05, 3.63) is 0 Å². The highest BCUT2D eigenvalue weighted by atomic mass is 19.4. The van der Waals surface area contributed by atoms with Crippen molar-refractivity contribution in [1.29, 1.82) is 0 Å². The summed E-state index contributed by atoms with van der Waals surface area (Å²) < 4.78 is 36.7. The zero-order chi connectivity index (χ0) is 8.93. The van der Waals surface area contributed by atoms with E-state index in [0.717, 1.165) is 0 Å². The van der Waals surface area contributed by atoms with Crippen molar-refractivity contribution >= 4 is 5.78 Å². The number of ketones is 1. The van der Waals surface area contributed by atoms with E-state index in [1.807, 2.05) is 0 Å². The highest BCUT2D eigenvalue weighted by molar-refractivity contribution is 5.87. The van der Waals surface area contributed by atoms with Crippen molar-refractivity contribution in [2.45, 2.75) is 25.4 Å². The van der Waals surface area contributed by atoms with E-state index in [0.29, 0.717) is 19.3 Å². The first-order valence-corrected chi connectivity index (χ1v) is 4.10. The van der Waals surface area contributed by atoms with Crippen molar-refractivity contribution in [2.24, 2.45) is 17.8 Å². The molecule has 4 heteroatoms. The average molecular weight is 178 g/mol. The summed E-state index contributed by atoms with van der Waals surface area (Å²) in [4.78, 5) is 11.1. The van der Waals surface area contributed by atoms with Crippen LogP contribution in [-0.4, -0.2) is 12.0 Å². The van der Waals surface area contributed by atoms with Gasteiger partial charge in [0.05, 0.1) is 0 Å². The van der Waals surface area contributed by atoms with E-state index in [1.165, 1.54) is 0 Å². The van der Waals surface area contributed by atoms with Crippen LogP contribution in [-0.2, 0) is 4.79 Å². The first-order chi connectivity index (χ1) is 5.50. The number of rotatable bonds is 0. The summed E-state index contributed by atoms with van der Waals surface area (Å²) in [5.74, 6) is -2.86. The first-order valence-electron chi connectivity index (χ1n) is 4.10. The number of alkyl halides is 3. The minimum absolute atomic E-state index is 0.276. The topological polar surface area (TPSA) is 17.1 Å². The van der Waals surface area contributed by atoms with E-state index < -0.39 is 23.8 Å². The smallest absolute Gasteiger partial charge is 0.299 e. The molecule has 3 atom stereocenters. The molecule has 0 saturated heterocycles. The molecule has 0 radical (unpaired) electrons. The third-order valence-corrected chi connectivity index (χ3v) is 3.01. The lowest BCUT2D eigenvalue weighted by Gasteiger charge is -2.22. The summed E-state index contributed by atoms with van der Waals surface area (Å²) in [6.45, 7) is 0. The van der Waals surface area contributed by atoms with E-state index in [1.54, 1.807) is 0 Å². The van der Waals surface area contributed by atoms with Crippen molar-refractivity contribution in [3.63, 3.8) is 0 Å². The number of hydrogen-bond donors (Lipinski definition) is 0. The highest BCUT2D eigenvalue weighted by Gasteiger charge is 2.58. The van der Waals surface area contributed by atoms with Crippen molar-refractivity contribution < 1.29 is 18.0 Å². The molecule has 12 heavy (non-hydrogen) atoms. The molecule has 0 spiro atoms. The van der Waals surface area contributed by atoms with Gasteiger partial charge in [-0.25, -0.2) is 0 Å². The van der Waals surface area contributed by atoms with E-state index >= 15 is 0 Å². The van der Waals surface area contributed by atoms with Crippen molar-refractivity contribution in [1.82, 2.24) is 0 Å². The van der Waals surface area contributed by atoms with Gasteiger partial charge in [-0.05, 0) is 25.2 Å². The minimum atomic E-state index is -4.29. The molecule has 2 bridgehead atoms. The third-order valence-electron chi connectivity index (χ3n) is 3.01. The van der Waals surface area contributed by atoms with Crippen LogP contribution in [0.3, 0.4) is 0 Å². The maximum absolute atomic E-state index is 12.2. The van der Waals surface area contributed by atoms with Gasteiger partial charge in [0.25, 0.3) is 0 Å². The van der Waals surface area contributed by atoms with Gasteiger partial charge in [-0.15, -0.1) is 0 Å². The molecule has 1 unspecified atom stereocenters. The summed E-state index contributed by atoms with van der Waals surface area (Å²) >= 11 is 0. The average Bonchev–Trinajstić information content (AvgIpc) is 2.42. The Morgan fingerprint density at radius 2 is 1.92 bits per heavy atom. The van der Waals surface area contributed by atoms with E-state index in [2.05, 4.69) is 0 Å². The molecule has 0 aromatic heterocycles. The summed E-state index contributed by atoms with van der Waals surface area (Å²) in [5.41, 5.74) is 0. The van der Waals surface area contributed by atoms with Gasteiger partial charge < -0.3 is 0 Å². The second kappa shape index (κ2) is 2.24. The van der Waals surface area contributed by atoms with Crippen LogP contribution < -0.4 is 0 Å². The zero-order valence-corrected chi connectivity index (χ0v) is 6.40. The first kappa shape index (κ1) is 8.08. The second-order valence-corrected chi connectivity index (χ2v) is 3.69. The van der Waals surface area contributed by atoms with E-state index in [-0.39, 0.29) is 5.92 Å². The van der Waals surface area contributed by atoms with Crippen LogP contribution in [0.1, 0.15) is 19.3 Å². The molecule has 1 nitrogen and oxygen atoms in total. The molecule has 2 aliphatic carbocycles. The summed E-state index contributed by atoms with van der Waals surface area (Å²) in [6, 6.07) is 0. The Kier molecular flexibility index (Phi) is 1.50. The second-order valence-electron chi connectivity index (χ2n) is 3.69. The summed E-state index contributed by atoms with van der Waals surface area (Å²) in [7, 11) is 0. The fourth-order valence-corrected chi connectivity index (χ4v) is 2.49. The van der Waals surface area contributed by atoms with Crippen LogP contribution >= 0.6 is 0 Å². The normalized spacial score (nSPS) is 40.9. The molecule has 2 fully saturated rings. The van der Waals surface area contributed by atoms with Gasteiger partial charge in [0.2, 0.25) is 0 Å². The van der Waals surface area contributed by atoms with Crippen LogP contribution in [0.5, 0.6) is 0 Å². The molecular formula is C8H9F3O. The van der Waals surface area contributed by atoms with Crippen molar-refractivity contribution in [3.8, 4) is 0 Å². The summed E-state index contributed by atoms with van der Waals surface area (Å²) in [6.07, 6.45) is -2.56. The van der Waals surface area contributed by atoms with Gasteiger partial charge in [-0.1, -0.05) is 0 Å². The van der Waals surface area contributed by atoms with Crippen LogP contribution in [0, 0.1) is 17.8 Å². The lowest BCUT2D eigenvalue weighted by molar-refractivity contribution is -0.189. The van der Waals surface area contributed by atoms with E-state index in [4.69, 9.17) is 0 Å². The molecular weight excluding hydrogens is 169 g/mol. The van der Waals surface area contributed by atoms with Gasteiger partial charge in [-0.2, -0.15) is 13.2 Å². The van der Waals surface area contributed by atoms with Gasteiger partial charge in [-0.3, -0.25) is 4.79 Å². The van der Waals surface area contributed by atoms with Crippen LogP contribution in [0.2, 0.25) is 0 Å². The third kappa shape index (κ3) is 0.967. The number of halogens is 3. The lowest BCUT2D eigenvalue weighted by Crippen LogP contribution is -2.35. The maximum atomic E-state index is 12.2. The largest absolute Gasteiger partial charge is 0.398 e. The Morgan fingerprint density at radius 1 is 1.25 bits per heavy atom. The van der Waals surface area contributed by atoms with Crippen LogP contribution in [0.15, 0.2) is 0 Å². The van der Waals surface area contributed by atoms with Crippen LogP contribution in [0.4, 0.5) is 13.2 Å². The molecule has 0 aromatic rings. The van der Waals surface area contributed by atoms with Gasteiger partial charge in [0.1, 0.15) is 11.7 Å². The number of fused-ring (bicyclic) bond motifs is 2. The van der Waals surface area contributed by atoms with Crippen molar-refractivity contribution in [2.75, 3.05) is 0 Å². The fraction of sp³-hybridized carbons (Fsp3) is 0.875. The lowest BCUT2D eigenvalue weighted by atomic mass is 9.87. The molecule has 0 heterocycles. The number of carbonyl (C=O) groups excluding carboxylic acids is 1.